The van der Waals surface area contributed by atoms with Crippen LogP contribution in [0.2, 0.25) is 5.02 Å². The number of hydrogen-bond donors (Lipinski definition) is 1. The van der Waals surface area contributed by atoms with Crippen molar-refractivity contribution < 1.29 is 13.2 Å². The monoisotopic (exact) mass is 412 g/mol. The molecular formula is C17H16ClF3N6O. The minimum Gasteiger partial charge on any atom is -0.382 e. The van der Waals surface area contributed by atoms with Crippen LogP contribution in [0, 0.1) is 5.92 Å². The third kappa shape index (κ3) is 4.50. The van der Waals surface area contributed by atoms with Crippen LogP contribution in [-0.4, -0.2) is 31.1 Å². The van der Waals surface area contributed by atoms with Crippen molar-refractivity contribution in [1.82, 2.24) is 24.5 Å². The molecule has 0 aliphatic carbocycles. The summed E-state index contributed by atoms with van der Waals surface area (Å²) in [6.45, 7) is 3.20. The van der Waals surface area contributed by atoms with E-state index in [-0.39, 0.29) is 16.8 Å². The Morgan fingerprint density at radius 1 is 1.25 bits per heavy atom. The molecule has 1 unspecified atom stereocenters. The summed E-state index contributed by atoms with van der Waals surface area (Å²) in [6, 6.07) is 3.72. The van der Waals surface area contributed by atoms with E-state index in [0.717, 1.165) is 16.8 Å². The standard InChI is InChI=1S/C17H16ClF3N6O/c1-11(10-26-6-2-5-24-26)7-22-13-9-25-27(16(28)15(13)18)14-4-3-12(8-23-14)17(19,20)21/h2-6,8-9,11,22H,7,10H2,1H3. The van der Waals surface area contributed by atoms with Crippen LogP contribution in [0.4, 0.5) is 18.9 Å². The summed E-state index contributed by atoms with van der Waals surface area (Å²) in [7, 11) is 0. The Morgan fingerprint density at radius 3 is 2.64 bits per heavy atom. The first-order valence-electron chi connectivity index (χ1n) is 8.28. The summed E-state index contributed by atoms with van der Waals surface area (Å²) < 4.78 is 40.5. The molecule has 1 N–H and O–H groups in total. The molecule has 28 heavy (non-hydrogen) atoms. The van der Waals surface area contributed by atoms with E-state index in [0.29, 0.717) is 25.0 Å². The van der Waals surface area contributed by atoms with Gasteiger partial charge in [0.25, 0.3) is 5.56 Å². The van der Waals surface area contributed by atoms with E-state index in [9.17, 15) is 18.0 Å². The van der Waals surface area contributed by atoms with Crippen molar-refractivity contribution in [2.45, 2.75) is 19.6 Å². The van der Waals surface area contributed by atoms with Crippen molar-refractivity contribution >= 4 is 17.3 Å². The number of alkyl halides is 3. The van der Waals surface area contributed by atoms with Crippen molar-refractivity contribution in [3.63, 3.8) is 0 Å². The average Bonchev–Trinajstić information content (AvgIpc) is 3.15. The lowest BCUT2D eigenvalue weighted by Gasteiger charge is -2.15. The molecule has 0 aromatic carbocycles. The summed E-state index contributed by atoms with van der Waals surface area (Å²) in [5.41, 5.74) is -1.26. The maximum Gasteiger partial charge on any atom is 0.417 e. The van der Waals surface area contributed by atoms with Crippen LogP contribution in [0.3, 0.4) is 0 Å². The highest BCUT2D eigenvalue weighted by molar-refractivity contribution is 6.32. The lowest BCUT2D eigenvalue weighted by molar-refractivity contribution is -0.137. The fourth-order valence-electron chi connectivity index (χ4n) is 2.47. The predicted molar refractivity (Wildman–Crippen MR) is 97.5 cm³/mol. The van der Waals surface area contributed by atoms with Gasteiger partial charge in [0, 0.05) is 31.7 Å². The molecule has 0 saturated heterocycles. The van der Waals surface area contributed by atoms with E-state index in [2.05, 4.69) is 20.5 Å². The van der Waals surface area contributed by atoms with Gasteiger partial charge in [-0.3, -0.25) is 9.48 Å². The fraction of sp³-hybridized carbons (Fsp3) is 0.294. The van der Waals surface area contributed by atoms with Crippen LogP contribution < -0.4 is 10.9 Å². The molecule has 0 saturated carbocycles. The Bertz CT molecular complexity index is 986. The number of nitrogens with zero attached hydrogens (tertiary/aromatic N) is 5. The Labute approximate surface area is 162 Å². The molecule has 3 aromatic rings. The highest BCUT2D eigenvalue weighted by Gasteiger charge is 2.30. The zero-order valence-corrected chi connectivity index (χ0v) is 15.4. The molecule has 0 spiro atoms. The Balaban J connectivity index is 1.73. The number of aromatic nitrogens is 5. The SMILES string of the molecule is CC(CNc1cnn(-c2ccc(C(F)(F)F)cn2)c(=O)c1Cl)Cn1cccn1. The van der Waals surface area contributed by atoms with Gasteiger partial charge in [-0.25, -0.2) is 4.98 Å². The largest absolute Gasteiger partial charge is 0.417 e. The topological polar surface area (TPSA) is 77.6 Å². The quantitative estimate of drug-likeness (QED) is 0.672. The van der Waals surface area contributed by atoms with Gasteiger partial charge < -0.3 is 5.32 Å². The van der Waals surface area contributed by atoms with Crippen molar-refractivity contribution in [3.8, 4) is 5.82 Å². The number of hydrogen-bond acceptors (Lipinski definition) is 5. The first kappa shape index (κ1) is 19.9. The lowest BCUT2D eigenvalue weighted by Crippen LogP contribution is -2.25. The first-order chi connectivity index (χ1) is 13.3. The second-order valence-electron chi connectivity index (χ2n) is 6.21. The van der Waals surface area contributed by atoms with Gasteiger partial charge in [0.1, 0.15) is 5.02 Å². The van der Waals surface area contributed by atoms with Gasteiger partial charge in [-0.15, -0.1) is 0 Å². The second-order valence-corrected chi connectivity index (χ2v) is 6.58. The predicted octanol–water partition coefficient (Wildman–Crippen LogP) is 3.24. The minimum atomic E-state index is -4.51. The molecule has 0 radical (unpaired) electrons. The van der Waals surface area contributed by atoms with E-state index < -0.39 is 17.3 Å². The zero-order chi connectivity index (χ0) is 20.3. The van der Waals surface area contributed by atoms with Gasteiger partial charge in [0.2, 0.25) is 0 Å². The van der Waals surface area contributed by atoms with Gasteiger partial charge in [-0.05, 0) is 24.1 Å². The Hall–Kier alpha value is -2.88. The zero-order valence-electron chi connectivity index (χ0n) is 14.7. The number of rotatable bonds is 6. The van der Waals surface area contributed by atoms with Crippen molar-refractivity contribution in [2.24, 2.45) is 5.92 Å². The number of halogens is 4. The smallest absolute Gasteiger partial charge is 0.382 e. The Morgan fingerprint density at radius 2 is 2.04 bits per heavy atom. The van der Waals surface area contributed by atoms with E-state index in [1.807, 2.05) is 19.2 Å². The van der Waals surface area contributed by atoms with E-state index in [1.165, 1.54) is 6.20 Å². The fourth-order valence-corrected chi connectivity index (χ4v) is 2.67. The molecule has 3 aromatic heterocycles. The maximum atomic E-state index is 12.6. The Kier molecular flexibility index (Phi) is 5.68. The van der Waals surface area contributed by atoms with Crippen molar-refractivity contribution in [1.29, 1.82) is 0 Å². The van der Waals surface area contributed by atoms with Crippen molar-refractivity contribution in [2.75, 3.05) is 11.9 Å². The van der Waals surface area contributed by atoms with Gasteiger partial charge >= 0.3 is 6.18 Å². The van der Waals surface area contributed by atoms with Crippen LogP contribution in [-0.2, 0) is 12.7 Å². The minimum absolute atomic E-state index is 0.0569. The van der Waals surface area contributed by atoms with Crippen LogP contribution in [0.1, 0.15) is 12.5 Å². The summed E-state index contributed by atoms with van der Waals surface area (Å²) >= 11 is 6.12. The molecular weight excluding hydrogens is 397 g/mol. The van der Waals surface area contributed by atoms with Crippen molar-refractivity contribution in [3.05, 3.63) is 63.9 Å². The highest BCUT2D eigenvalue weighted by atomic mass is 35.5. The number of anilines is 1. The third-order valence-corrected chi connectivity index (χ3v) is 4.28. The second kappa shape index (κ2) is 8.01. The molecule has 148 valence electrons. The van der Waals surface area contributed by atoms with Gasteiger partial charge in [-0.2, -0.15) is 28.1 Å². The van der Waals surface area contributed by atoms with Crippen LogP contribution >= 0.6 is 11.6 Å². The molecule has 11 heteroatoms. The van der Waals surface area contributed by atoms with Gasteiger partial charge in [0.15, 0.2) is 5.82 Å². The number of nitrogens with one attached hydrogen (secondary N) is 1. The average molecular weight is 413 g/mol. The third-order valence-electron chi connectivity index (χ3n) is 3.91. The molecule has 1 atom stereocenters. The molecule has 3 heterocycles. The normalized spacial score (nSPS) is 12.8. The van der Waals surface area contributed by atoms with Gasteiger partial charge in [0.05, 0.1) is 17.4 Å². The van der Waals surface area contributed by atoms with E-state index >= 15 is 0 Å². The molecule has 0 aliphatic rings. The summed E-state index contributed by atoms with van der Waals surface area (Å²) in [4.78, 5) is 16.1. The van der Waals surface area contributed by atoms with Crippen LogP contribution in [0.5, 0.6) is 0 Å². The molecule has 0 amide bonds. The maximum absolute atomic E-state index is 12.6. The van der Waals surface area contributed by atoms with E-state index in [1.54, 1.807) is 10.9 Å². The molecule has 0 fully saturated rings. The summed E-state index contributed by atoms with van der Waals surface area (Å²) in [5, 5.41) is 11.0. The van der Waals surface area contributed by atoms with Gasteiger partial charge in [-0.1, -0.05) is 18.5 Å². The number of pyridine rings is 1. The van der Waals surface area contributed by atoms with Crippen LogP contribution in [0.25, 0.3) is 5.82 Å². The molecule has 0 bridgehead atoms. The summed E-state index contributed by atoms with van der Waals surface area (Å²) in [5.74, 6) is 0.133. The van der Waals surface area contributed by atoms with Crippen LogP contribution in [0.15, 0.2) is 47.8 Å². The summed E-state index contributed by atoms with van der Waals surface area (Å²) in [6.07, 6.45) is 1.01. The first-order valence-corrected chi connectivity index (χ1v) is 8.66. The lowest BCUT2D eigenvalue weighted by atomic mass is 10.2. The molecule has 3 rings (SSSR count). The van der Waals surface area contributed by atoms with E-state index in [4.69, 9.17) is 11.6 Å². The molecule has 0 aliphatic heterocycles. The highest BCUT2D eigenvalue weighted by Crippen LogP contribution is 2.28. The molecule has 7 nitrogen and oxygen atoms in total.